The number of rotatable bonds is 3. The van der Waals surface area contributed by atoms with E-state index < -0.39 is 0 Å². The van der Waals surface area contributed by atoms with Crippen molar-refractivity contribution in [1.29, 1.82) is 0 Å². The molecular weight excluding hydrogens is 310 g/mol. The van der Waals surface area contributed by atoms with Crippen molar-refractivity contribution in [3.8, 4) is 11.8 Å². The van der Waals surface area contributed by atoms with Gasteiger partial charge in [-0.1, -0.05) is 23.4 Å². The molecule has 0 saturated heterocycles. The summed E-state index contributed by atoms with van der Waals surface area (Å²) in [6.45, 7) is 0.273. The highest BCUT2D eigenvalue weighted by Gasteiger charge is 1.99. The molecule has 0 aliphatic carbocycles. The molecule has 0 fully saturated rings. The summed E-state index contributed by atoms with van der Waals surface area (Å²) in [6.07, 6.45) is 0. The molecule has 0 spiro atoms. The molecule has 2 aromatic rings. The van der Waals surface area contributed by atoms with Crippen LogP contribution >= 0.6 is 11.6 Å². The number of carbonyl (C=O) groups excluding carboxylic acids is 1. The van der Waals surface area contributed by atoms with Gasteiger partial charge in [0.15, 0.2) is 0 Å². The van der Waals surface area contributed by atoms with E-state index in [1.807, 2.05) is 43.3 Å². The van der Waals surface area contributed by atoms with Crippen LogP contribution in [0.3, 0.4) is 0 Å². The van der Waals surface area contributed by atoms with Crippen LogP contribution < -0.4 is 15.5 Å². The van der Waals surface area contributed by atoms with Crippen molar-refractivity contribution >= 4 is 29.0 Å². The zero-order valence-corrected chi connectivity index (χ0v) is 13.8. The Kier molecular flexibility index (Phi) is 5.90. The van der Waals surface area contributed by atoms with Crippen molar-refractivity contribution in [3.63, 3.8) is 0 Å². The lowest BCUT2D eigenvalue weighted by Crippen LogP contribution is -2.28. The number of anilines is 2. The molecule has 0 atom stereocenters. The van der Waals surface area contributed by atoms with Crippen molar-refractivity contribution in [3.05, 3.63) is 59.1 Å². The molecule has 0 aliphatic rings. The monoisotopic (exact) mass is 327 g/mol. The van der Waals surface area contributed by atoms with Gasteiger partial charge in [-0.15, -0.1) is 0 Å². The number of hydrogen-bond acceptors (Lipinski definition) is 2. The number of hydrogen-bond donors (Lipinski definition) is 2. The first-order valence-corrected chi connectivity index (χ1v) is 7.49. The van der Waals surface area contributed by atoms with E-state index >= 15 is 0 Å². The molecule has 0 saturated carbocycles. The molecule has 2 aromatic carbocycles. The Morgan fingerprint density at radius 3 is 2.35 bits per heavy atom. The molecule has 0 heterocycles. The topological polar surface area (TPSA) is 44.4 Å². The highest BCUT2D eigenvalue weighted by Crippen LogP contribution is 2.13. The zero-order chi connectivity index (χ0) is 16.7. The number of nitrogens with zero attached hydrogens (tertiary/aromatic N) is 1. The quantitative estimate of drug-likeness (QED) is 0.846. The molecule has 0 bridgehead atoms. The molecule has 0 unspecified atom stereocenters. The lowest BCUT2D eigenvalue weighted by molar-refractivity contribution is 0.253. The SMILES string of the molecule is CN(C)c1ccc(C#CCNC(=O)Nc2ccc(Cl)cc2)cc1. The fourth-order valence-electron chi connectivity index (χ4n) is 1.82. The molecule has 118 valence electrons. The van der Waals surface area contributed by atoms with Gasteiger partial charge in [-0.3, -0.25) is 0 Å². The Morgan fingerprint density at radius 1 is 1.09 bits per heavy atom. The summed E-state index contributed by atoms with van der Waals surface area (Å²) in [6, 6.07) is 14.5. The number of nitrogens with one attached hydrogen (secondary N) is 2. The second-order valence-electron chi connectivity index (χ2n) is 5.06. The zero-order valence-electron chi connectivity index (χ0n) is 13.1. The number of amides is 2. The van der Waals surface area contributed by atoms with Gasteiger partial charge in [-0.2, -0.15) is 0 Å². The summed E-state index contributed by atoms with van der Waals surface area (Å²) >= 11 is 5.79. The van der Waals surface area contributed by atoms with Gasteiger partial charge in [0.05, 0.1) is 6.54 Å². The van der Waals surface area contributed by atoms with E-state index in [1.165, 1.54) is 0 Å². The first-order chi connectivity index (χ1) is 11.0. The van der Waals surface area contributed by atoms with E-state index in [-0.39, 0.29) is 12.6 Å². The minimum Gasteiger partial charge on any atom is -0.378 e. The number of urea groups is 1. The Hall–Kier alpha value is -2.64. The normalized spacial score (nSPS) is 9.52. The van der Waals surface area contributed by atoms with Gasteiger partial charge in [0.1, 0.15) is 0 Å². The van der Waals surface area contributed by atoms with Gasteiger partial charge in [-0.25, -0.2) is 4.79 Å². The van der Waals surface area contributed by atoms with E-state index in [0.717, 1.165) is 11.3 Å². The second-order valence-corrected chi connectivity index (χ2v) is 5.49. The lowest BCUT2D eigenvalue weighted by Gasteiger charge is -2.11. The Balaban J connectivity index is 1.80. The first-order valence-electron chi connectivity index (χ1n) is 7.11. The number of benzene rings is 2. The Bertz CT molecular complexity index is 713. The average Bonchev–Trinajstić information content (AvgIpc) is 2.54. The third-order valence-electron chi connectivity index (χ3n) is 3.06. The Morgan fingerprint density at radius 2 is 1.74 bits per heavy atom. The summed E-state index contributed by atoms with van der Waals surface area (Å²) in [7, 11) is 3.98. The van der Waals surface area contributed by atoms with Crippen LogP contribution in [-0.4, -0.2) is 26.7 Å². The van der Waals surface area contributed by atoms with Gasteiger partial charge < -0.3 is 15.5 Å². The molecule has 5 heteroatoms. The fraction of sp³-hybridized carbons (Fsp3) is 0.167. The van der Waals surface area contributed by atoms with Crippen molar-refractivity contribution in [2.75, 3.05) is 30.9 Å². The summed E-state index contributed by atoms with van der Waals surface area (Å²) in [4.78, 5) is 13.7. The minimum absolute atomic E-state index is 0.273. The van der Waals surface area contributed by atoms with Gasteiger partial charge in [0, 0.05) is 36.1 Å². The highest BCUT2D eigenvalue weighted by molar-refractivity contribution is 6.30. The Labute approximate surface area is 141 Å². The molecule has 2 rings (SSSR count). The number of carbonyl (C=O) groups is 1. The van der Waals surface area contributed by atoms with Crippen molar-refractivity contribution < 1.29 is 4.79 Å². The van der Waals surface area contributed by atoms with Crippen LogP contribution in [-0.2, 0) is 0 Å². The molecular formula is C18H18ClN3O. The molecule has 2 amide bonds. The minimum atomic E-state index is -0.301. The largest absolute Gasteiger partial charge is 0.378 e. The van der Waals surface area contributed by atoms with Gasteiger partial charge >= 0.3 is 6.03 Å². The standard InChI is InChI=1S/C18H18ClN3O/c1-22(2)17-11-5-14(6-12-17)4-3-13-20-18(23)21-16-9-7-15(19)8-10-16/h5-12H,13H2,1-2H3,(H2,20,21,23). The summed E-state index contributed by atoms with van der Waals surface area (Å²) in [5.74, 6) is 5.93. The van der Waals surface area contributed by atoms with E-state index in [1.54, 1.807) is 24.3 Å². The molecule has 0 radical (unpaired) electrons. The third kappa shape index (κ3) is 5.57. The van der Waals surface area contributed by atoms with Crippen LogP contribution in [0.2, 0.25) is 5.02 Å². The highest BCUT2D eigenvalue weighted by atomic mass is 35.5. The summed E-state index contributed by atoms with van der Waals surface area (Å²) in [5.41, 5.74) is 2.71. The van der Waals surface area contributed by atoms with Crippen LogP contribution in [0.15, 0.2) is 48.5 Å². The van der Waals surface area contributed by atoms with Crippen LogP contribution in [0, 0.1) is 11.8 Å². The number of halogens is 1. The average molecular weight is 328 g/mol. The van der Waals surface area contributed by atoms with Crippen molar-refractivity contribution in [2.45, 2.75) is 0 Å². The second kappa shape index (κ2) is 8.11. The first kappa shape index (κ1) is 16.7. The van der Waals surface area contributed by atoms with E-state index in [2.05, 4.69) is 22.5 Å². The maximum Gasteiger partial charge on any atom is 0.319 e. The molecule has 0 aliphatic heterocycles. The maximum atomic E-state index is 11.7. The van der Waals surface area contributed by atoms with Crippen LogP contribution in [0.1, 0.15) is 5.56 Å². The fourth-order valence-corrected chi connectivity index (χ4v) is 1.95. The smallest absolute Gasteiger partial charge is 0.319 e. The van der Waals surface area contributed by atoms with E-state index in [0.29, 0.717) is 10.7 Å². The van der Waals surface area contributed by atoms with Gasteiger partial charge in [-0.05, 0) is 48.5 Å². The molecule has 0 aromatic heterocycles. The van der Waals surface area contributed by atoms with Crippen molar-refractivity contribution in [1.82, 2.24) is 5.32 Å². The van der Waals surface area contributed by atoms with Gasteiger partial charge in [0.25, 0.3) is 0 Å². The predicted octanol–water partition coefficient (Wildman–Crippen LogP) is 3.58. The molecule has 4 nitrogen and oxygen atoms in total. The van der Waals surface area contributed by atoms with Crippen molar-refractivity contribution in [2.24, 2.45) is 0 Å². The molecule has 23 heavy (non-hydrogen) atoms. The lowest BCUT2D eigenvalue weighted by atomic mass is 10.2. The van der Waals surface area contributed by atoms with E-state index in [9.17, 15) is 4.79 Å². The molecule has 2 N–H and O–H groups in total. The third-order valence-corrected chi connectivity index (χ3v) is 3.31. The maximum absolute atomic E-state index is 11.7. The van der Waals surface area contributed by atoms with Crippen LogP contribution in [0.5, 0.6) is 0 Å². The summed E-state index contributed by atoms with van der Waals surface area (Å²) < 4.78 is 0. The van der Waals surface area contributed by atoms with Gasteiger partial charge in [0.2, 0.25) is 0 Å². The van der Waals surface area contributed by atoms with Crippen LogP contribution in [0.25, 0.3) is 0 Å². The van der Waals surface area contributed by atoms with Crippen LogP contribution in [0.4, 0.5) is 16.2 Å². The summed E-state index contributed by atoms with van der Waals surface area (Å²) in [5, 5.41) is 6.01. The van der Waals surface area contributed by atoms with E-state index in [4.69, 9.17) is 11.6 Å². The predicted molar refractivity (Wildman–Crippen MR) is 96.1 cm³/mol.